The van der Waals surface area contributed by atoms with Crippen molar-refractivity contribution in [2.45, 2.75) is 52.5 Å². The van der Waals surface area contributed by atoms with E-state index in [9.17, 15) is 0 Å². The Morgan fingerprint density at radius 1 is 1.38 bits per heavy atom. The summed E-state index contributed by atoms with van der Waals surface area (Å²) >= 11 is 0. The second kappa shape index (κ2) is 6.69. The van der Waals surface area contributed by atoms with Gasteiger partial charge in [0.25, 0.3) is 0 Å². The van der Waals surface area contributed by atoms with Crippen LogP contribution in [0.5, 0.6) is 0 Å². The molecule has 1 unspecified atom stereocenters. The third-order valence-electron chi connectivity index (χ3n) is 3.22. The lowest BCUT2D eigenvalue weighted by Gasteiger charge is -2.13. The molecule has 0 aromatic carbocycles. The third-order valence-corrected chi connectivity index (χ3v) is 3.22. The number of nitrogens with one attached hydrogen (secondary N) is 1. The monoisotopic (exact) mass is 223 g/mol. The summed E-state index contributed by atoms with van der Waals surface area (Å²) in [6.45, 7) is 7.69. The second-order valence-electron chi connectivity index (χ2n) is 4.55. The zero-order valence-corrected chi connectivity index (χ0v) is 11.1. The molecule has 0 saturated heterocycles. The van der Waals surface area contributed by atoms with Gasteiger partial charge in [-0.2, -0.15) is 5.10 Å². The van der Waals surface area contributed by atoms with Gasteiger partial charge >= 0.3 is 0 Å². The molecule has 16 heavy (non-hydrogen) atoms. The van der Waals surface area contributed by atoms with Crippen molar-refractivity contribution in [1.29, 1.82) is 0 Å². The molecule has 0 aliphatic heterocycles. The molecule has 1 rings (SSSR count). The highest BCUT2D eigenvalue weighted by atomic mass is 15.3. The first kappa shape index (κ1) is 13.2. The minimum Gasteiger partial charge on any atom is -0.310 e. The van der Waals surface area contributed by atoms with E-state index in [1.165, 1.54) is 36.9 Å². The number of aryl methyl sites for hydroxylation is 1. The smallest absolute Gasteiger partial charge is 0.0540 e. The molecule has 3 nitrogen and oxygen atoms in total. The van der Waals surface area contributed by atoms with Crippen molar-refractivity contribution < 1.29 is 0 Å². The fourth-order valence-corrected chi connectivity index (χ4v) is 1.92. The fraction of sp³-hybridized carbons (Fsp3) is 0.769. The molecule has 1 aromatic rings. The number of nitrogens with zero attached hydrogens (tertiary/aromatic N) is 2. The molecule has 92 valence electrons. The fourth-order valence-electron chi connectivity index (χ4n) is 1.92. The molecule has 0 amide bonds. The van der Waals surface area contributed by atoms with E-state index in [0.717, 1.165) is 6.54 Å². The average Bonchev–Trinajstić information content (AvgIpc) is 2.59. The van der Waals surface area contributed by atoms with Crippen molar-refractivity contribution >= 4 is 0 Å². The summed E-state index contributed by atoms with van der Waals surface area (Å²) in [7, 11) is 1.99. The Morgan fingerprint density at radius 3 is 2.69 bits per heavy atom. The van der Waals surface area contributed by atoms with E-state index in [-0.39, 0.29) is 0 Å². The highest BCUT2D eigenvalue weighted by molar-refractivity contribution is 5.19. The van der Waals surface area contributed by atoms with Gasteiger partial charge in [0.1, 0.15) is 0 Å². The molecule has 1 heterocycles. The Labute approximate surface area is 99.2 Å². The Hall–Kier alpha value is -0.830. The zero-order valence-electron chi connectivity index (χ0n) is 11.1. The molecule has 1 N–H and O–H groups in total. The van der Waals surface area contributed by atoms with E-state index in [4.69, 9.17) is 0 Å². The van der Waals surface area contributed by atoms with Gasteiger partial charge in [0, 0.05) is 24.3 Å². The van der Waals surface area contributed by atoms with Crippen molar-refractivity contribution in [2.75, 3.05) is 6.54 Å². The molecule has 1 aromatic heterocycles. The maximum absolute atomic E-state index is 4.27. The van der Waals surface area contributed by atoms with Crippen LogP contribution < -0.4 is 5.32 Å². The lowest BCUT2D eigenvalue weighted by molar-refractivity contribution is 0.534. The van der Waals surface area contributed by atoms with Gasteiger partial charge in [0.05, 0.1) is 6.20 Å². The predicted octanol–water partition coefficient (Wildman–Crippen LogP) is 2.96. The first-order valence-electron chi connectivity index (χ1n) is 6.38. The largest absolute Gasteiger partial charge is 0.310 e. The lowest BCUT2D eigenvalue weighted by atomic mass is 10.1. The first-order chi connectivity index (χ1) is 7.66. The summed E-state index contributed by atoms with van der Waals surface area (Å²) in [5, 5.41) is 7.83. The molecule has 3 heteroatoms. The summed E-state index contributed by atoms with van der Waals surface area (Å²) in [5.41, 5.74) is 2.58. The average molecular weight is 223 g/mol. The van der Waals surface area contributed by atoms with Gasteiger partial charge < -0.3 is 5.32 Å². The van der Waals surface area contributed by atoms with Crippen molar-refractivity contribution in [3.63, 3.8) is 0 Å². The van der Waals surface area contributed by atoms with Crippen LogP contribution in [0.3, 0.4) is 0 Å². The summed E-state index contributed by atoms with van der Waals surface area (Å²) in [6, 6.07) is 0.412. The summed E-state index contributed by atoms with van der Waals surface area (Å²) in [6.07, 6.45) is 7.23. The van der Waals surface area contributed by atoms with Gasteiger partial charge in [-0.05, 0) is 26.8 Å². The van der Waals surface area contributed by atoms with E-state index >= 15 is 0 Å². The van der Waals surface area contributed by atoms with Crippen LogP contribution in [0.1, 0.15) is 56.8 Å². The summed E-state index contributed by atoms with van der Waals surface area (Å²) in [5.74, 6) is 0. The molecule has 0 spiro atoms. The number of unbranched alkanes of at least 4 members (excludes halogenated alkanes) is 3. The van der Waals surface area contributed by atoms with Crippen LogP contribution in [0.25, 0.3) is 0 Å². The quantitative estimate of drug-likeness (QED) is 0.720. The highest BCUT2D eigenvalue weighted by Gasteiger charge is 2.10. The maximum Gasteiger partial charge on any atom is 0.0540 e. The third kappa shape index (κ3) is 3.63. The van der Waals surface area contributed by atoms with Gasteiger partial charge in [-0.25, -0.2) is 0 Å². The standard InChI is InChI=1S/C13H25N3/c1-5-6-7-8-9-14-11(2)13-10-15-16(4)12(13)3/h10-11,14H,5-9H2,1-4H3. The first-order valence-corrected chi connectivity index (χ1v) is 6.38. The van der Waals surface area contributed by atoms with Gasteiger partial charge in [0.15, 0.2) is 0 Å². The van der Waals surface area contributed by atoms with Crippen LogP contribution in [0.15, 0.2) is 6.20 Å². The van der Waals surface area contributed by atoms with Crippen LogP contribution in [-0.2, 0) is 7.05 Å². The van der Waals surface area contributed by atoms with Crippen molar-refractivity contribution in [3.8, 4) is 0 Å². The molecule has 0 radical (unpaired) electrons. The van der Waals surface area contributed by atoms with Crippen LogP contribution >= 0.6 is 0 Å². The van der Waals surface area contributed by atoms with E-state index in [0.29, 0.717) is 6.04 Å². The molecule has 0 fully saturated rings. The Bertz CT molecular complexity index is 304. The molecular formula is C13H25N3. The molecule has 0 aliphatic carbocycles. The van der Waals surface area contributed by atoms with E-state index in [2.05, 4.69) is 31.2 Å². The van der Waals surface area contributed by atoms with Crippen molar-refractivity contribution in [2.24, 2.45) is 7.05 Å². The van der Waals surface area contributed by atoms with Crippen molar-refractivity contribution in [1.82, 2.24) is 15.1 Å². The summed E-state index contributed by atoms with van der Waals surface area (Å²) in [4.78, 5) is 0. The van der Waals surface area contributed by atoms with Crippen LogP contribution in [0, 0.1) is 6.92 Å². The van der Waals surface area contributed by atoms with Gasteiger partial charge in [-0.15, -0.1) is 0 Å². The highest BCUT2D eigenvalue weighted by Crippen LogP contribution is 2.15. The number of hydrogen-bond donors (Lipinski definition) is 1. The van der Waals surface area contributed by atoms with Crippen molar-refractivity contribution in [3.05, 3.63) is 17.5 Å². The van der Waals surface area contributed by atoms with E-state index in [1.54, 1.807) is 0 Å². The molecule has 0 saturated carbocycles. The van der Waals surface area contributed by atoms with Gasteiger partial charge in [-0.1, -0.05) is 26.2 Å². The maximum atomic E-state index is 4.27. The topological polar surface area (TPSA) is 29.9 Å². The van der Waals surface area contributed by atoms with Crippen LogP contribution in [-0.4, -0.2) is 16.3 Å². The normalized spacial score (nSPS) is 13.0. The molecule has 1 atom stereocenters. The predicted molar refractivity (Wildman–Crippen MR) is 68.5 cm³/mol. The minimum atomic E-state index is 0.412. The second-order valence-corrected chi connectivity index (χ2v) is 4.55. The summed E-state index contributed by atoms with van der Waals surface area (Å²) < 4.78 is 1.94. The SMILES string of the molecule is CCCCCCNC(C)c1cnn(C)c1C. The van der Waals surface area contributed by atoms with Crippen LogP contribution in [0.4, 0.5) is 0 Å². The van der Waals surface area contributed by atoms with Crippen LogP contribution in [0.2, 0.25) is 0 Å². The van der Waals surface area contributed by atoms with E-state index < -0.39 is 0 Å². The number of aromatic nitrogens is 2. The number of rotatable bonds is 7. The number of hydrogen-bond acceptors (Lipinski definition) is 2. The Morgan fingerprint density at radius 2 is 2.12 bits per heavy atom. The van der Waals surface area contributed by atoms with Gasteiger partial charge in [-0.3, -0.25) is 4.68 Å². The Balaban J connectivity index is 2.30. The Kier molecular flexibility index (Phi) is 5.53. The molecule has 0 bridgehead atoms. The van der Waals surface area contributed by atoms with Gasteiger partial charge in [0.2, 0.25) is 0 Å². The van der Waals surface area contributed by atoms with E-state index in [1.807, 2.05) is 17.9 Å². The lowest BCUT2D eigenvalue weighted by Crippen LogP contribution is -2.20. The minimum absolute atomic E-state index is 0.412. The molecule has 0 aliphatic rings. The molecular weight excluding hydrogens is 198 g/mol. The zero-order chi connectivity index (χ0) is 12.0.